The molecule has 3 rings (SSSR count). The molecule has 27 heavy (non-hydrogen) atoms. The third-order valence-corrected chi connectivity index (χ3v) is 6.00. The predicted octanol–water partition coefficient (Wildman–Crippen LogP) is 3.32. The van der Waals surface area contributed by atoms with Gasteiger partial charge in [0, 0.05) is 44.1 Å². The lowest BCUT2D eigenvalue weighted by Crippen LogP contribution is -2.45. The fourth-order valence-electron chi connectivity index (χ4n) is 4.04. The highest BCUT2D eigenvalue weighted by molar-refractivity contribution is 6.18. The van der Waals surface area contributed by atoms with Gasteiger partial charge >= 0.3 is 0 Å². The van der Waals surface area contributed by atoms with Crippen molar-refractivity contribution in [2.75, 3.05) is 48.8 Å². The van der Waals surface area contributed by atoms with Gasteiger partial charge in [0.2, 0.25) is 5.91 Å². The zero-order chi connectivity index (χ0) is 19.1. The number of alkyl halides is 1. The molecule has 2 aliphatic heterocycles. The number of likely N-dealkylation sites (tertiary alicyclic amines) is 1. The third kappa shape index (κ3) is 5.76. The Morgan fingerprint density at radius 1 is 1.11 bits per heavy atom. The number of hydrogen-bond acceptors (Lipinski definition) is 4. The maximum Gasteiger partial charge on any atom is 0.227 e. The van der Waals surface area contributed by atoms with Crippen molar-refractivity contribution in [2.24, 2.45) is 5.92 Å². The molecule has 6 heteroatoms. The normalized spacial score (nSPS) is 22.2. The summed E-state index contributed by atoms with van der Waals surface area (Å²) < 4.78 is 0. The molecule has 0 aromatic heterocycles. The Kier molecular flexibility index (Phi) is 7.65. The summed E-state index contributed by atoms with van der Waals surface area (Å²) in [5.41, 5.74) is 2.13. The topological polar surface area (TPSA) is 55.8 Å². The van der Waals surface area contributed by atoms with E-state index in [1.807, 2.05) is 12.1 Å². The molecule has 0 aliphatic carbocycles. The summed E-state index contributed by atoms with van der Waals surface area (Å²) in [7, 11) is 0. The van der Waals surface area contributed by atoms with Crippen molar-refractivity contribution in [3.8, 4) is 0 Å². The van der Waals surface area contributed by atoms with Gasteiger partial charge in [-0.25, -0.2) is 0 Å². The molecule has 1 aromatic rings. The molecule has 0 radical (unpaired) electrons. The number of carbonyl (C=O) groups excluding carboxylic acids is 1. The monoisotopic (exact) mass is 393 g/mol. The fraction of sp³-hybridized carbons (Fsp3) is 0.667. The first-order chi connectivity index (χ1) is 13.2. The van der Waals surface area contributed by atoms with Gasteiger partial charge in [0.15, 0.2) is 0 Å². The van der Waals surface area contributed by atoms with Crippen LogP contribution < -0.4 is 10.2 Å². The molecule has 2 heterocycles. The van der Waals surface area contributed by atoms with Gasteiger partial charge in [-0.05, 0) is 49.9 Å². The first-order valence-corrected chi connectivity index (χ1v) is 10.8. The van der Waals surface area contributed by atoms with E-state index in [0.717, 1.165) is 63.2 Å². The van der Waals surface area contributed by atoms with Crippen molar-refractivity contribution in [3.05, 3.63) is 24.3 Å². The Balaban J connectivity index is 1.56. The van der Waals surface area contributed by atoms with Crippen LogP contribution in [0.15, 0.2) is 24.3 Å². The summed E-state index contributed by atoms with van der Waals surface area (Å²) in [6, 6.07) is 8.23. The van der Waals surface area contributed by atoms with Crippen LogP contribution in [0.3, 0.4) is 0 Å². The Hall–Kier alpha value is -1.46. The van der Waals surface area contributed by atoms with E-state index in [4.69, 9.17) is 11.6 Å². The molecule has 2 fully saturated rings. The fourth-order valence-corrected chi connectivity index (χ4v) is 4.15. The van der Waals surface area contributed by atoms with E-state index in [1.54, 1.807) is 0 Å². The van der Waals surface area contributed by atoms with Crippen molar-refractivity contribution < 1.29 is 9.90 Å². The molecule has 0 spiro atoms. The van der Waals surface area contributed by atoms with E-state index >= 15 is 0 Å². The Morgan fingerprint density at radius 2 is 1.81 bits per heavy atom. The van der Waals surface area contributed by atoms with E-state index in [9.17, 15) is 9.90 Å². The van der Waals surface area contributed by atoms with Crippen molar-refractivity contribution in [1.29, 1.82) is 0 Å². The van der Waals surface area contributed by atoms with Crippen LogP contribution in [-0.4, -0.2) is 60.6 Å². The number of halogens is 1. The van der Waals surface area contributed by atoms with Gasteiger partial charge in [0.05, 0.1) is 17.9 Å². The minimum atomic E-state index is -0.542. The summed E-state index contributed by atoms with van der Waals surface area (Å²) in [6.07, 6.45) is 6.32. The summed E-state index contributed by atoms with van der Waals surface area (Å²) in [6.45, 7) is 4.13. The van der Waals surface area contributed by atoms with Crippen molar-refractivity contribution in [3.63, 3.8) is 0 Å². The van der Waals surface area contributed by atoms with Crippen LogP contribution >= 0.6 is 11.6 Å². The molecule has 1 amide bonds. The molecule has 2 N–H and O–H groups in total. The third-order valence-electron chi connectivity index (χ3n) is 5.64. The average Bonchev–Trinajstić information content (AvgIpc) is 3.01. The lowest BCUT2D eigenvalue weighted by atomic mass is 9.95. The molecular weight excluding hydrogens is 362 g/mol. The first-order valence-electron chi connectivity index (χ1n) is 10.3. The summed E-state index contributed by atoms with van der Waals surface area (Å²) in [5.74, 6) is 0.703. The highest BCUT2D eigenvalue weighted by Crippen LogP contribution is 2.26. The molecule has 0 saturated carbocycles. The average molecular weight is 394 g/mol. The van der Waals surface area contributed by atoms with E-state index in [1.165, 1.54) is 12.8 Å². The minimum Gasteiger partial charge on any atom is -0.390 e. The highest BCUT2D eigenvalue weighted by atomic mass is 35.5. The predicted molar refractivity (Wildman–Crippen MR) is 112 cm³/mol. The number of aliphatic hydroxyl groups is 1. The van der Waals surface area contributed by atoms with Gasteiger partial charge in [-0.15, -0.1) is 11.6 Å². The van der Waals surface area contributed by atoms with Gasteiger partial charge in [0.1, 0.15) is 0 Å². The number of aliphatic hydroxyl groups excluding tert-OH is 1. The largest absolute Gasteiger partial charge is 0.390 e. The second kappa shape index (κ2) is 10.2. The number of nitrogens with zero attached hydrogens (tertiary/aromatic N) is 2. The van der Waals surface area contributed by atoms with Crippen LogP contribution in [0.25, 0.3) is 0 Å². The van der Waals surface area contributed by atoms with Crippen LogP contribution in [0.2, 0.25) is 0 Å². The second-order valence-corrected chi connectivity index (χ2v) is 8.07. The number of piperidine rings is 1. The van der Waals surface area contributed by atoms with Crippen molar-refractivity contribution >= 4 is 28.9 Å². The van der Waals surface area contributed by atoms with Crippen LogP contribution in [0, 0.1) is 5.92 Å². The zero-order valence-corrected chi connectivity index (χ0v) is 16.8. The Morgan fingerprint density at radius 3 is 2.48 bits per heavy atom. The number of amides is 1. The van der Waals surface area contributed by atoms with E-state index in [-0.39, 0.29) is 11.8 Å². The Labute approximate surface area is 167 Å². The number of nitrogens with one attached hydrogen (secondary N) is 1. The van der Waals surface area contributed by atoms with Crippen molar-refractivity contribution in [2.45, 2.75) is 44.6 Å². The lowest BCUT2D eigenvalue weighted by Gasteiger charge is -2.36. The standard InChI is InChI=1S/C21H32ClN3O2/c22-14-20(26)15-23-18-7-9-19(10-8-18)25-13-5-6-17(16-25)21(27)24-11-3-1-2-4-12-24/h7-10,17,20,23,26H,1-6,11-16H2. The van der Waals surface area contributed by atoms with Gasteiger partial charge in [-0.2, -0.15) is 0 Å². The minimum absolute atomic E-state index is 0.119. The molecule has 5 nitrogen and oxygen atoms in total. The van der Waals surface area contributed by atoms with E-state index in [0.29, 0.717) is 12.5 Å². The lowest BCUT2D eigenvalue weighted by molar-refractivity contribution is -0.135. The molecule has 2 unspecified atom stereocenters. The number of anilines is 2. The molecule has 2 saturated heterocycles. The van der Waals surface area contributed by atoms with Gasteiger partial charge in [-0.1, -0.05) is 12.8 Å². The van der Waals surface area contributed by atoms with E-state index in [2.05, 4.69) is 27.2 Å². The van der Waals surface area contributed by atoms with E-state index < -0.39 is 6.10 Å². The van der Waals surface area contributed by atoms with Crippen LogP contribution in [0.5, 0.6) is 0 Å². The number of benzene rings is 1. The molecule has 0 bridgehead atoms. The SMILES string of the molecule is O=C(C1CCCN(c2ccc(NCC(O)CCl)cc2)C1)N1CCCCCC1. The number of carbonyl (C=O) groups is 1. The zero-order valence-electron chi connectivity index (χ0n) is 16.1. The molecule has 150 valence electrons. The number of rotatable bonds is 6. The Bertz CT molecular complexity index is 588. The summed E-state index contributed by atoms with van der Waals surface area (Å²) >= 11 is 5.62. The van der Waals surface area contributed by atoms with Crippen LogP contribution in [0.1, 0.15) is 38.5 Å². The summed E-state index contributed by atoms with van der Waals surface area (Å²) in [5, 5.41) is 12.7. The smallest absolute Gasteiger partial charge is 0.227 e. The molecule has 2 atom stereocenters. The first kappa shape index (κ1) is 20.3. The van der Waals surface area contributed by atoms with Gasteiger partial charge in [0.25, 0.3) is 0 Å². The highest BCUT2D eigenvalue weighted by Gasteiger charge is 2.29. The van der Waals surface area contributed by atoms with Gasteiger partial charge in [-0.3, -0.25) is 4.79 Å². The maximum absolute atomic E-state index is 13.0. The van der Waals surface area contributed by atoms with Crippen molar-refractivity contribution in [1.82, 2.24) is 4.90 Å². The summed E-state index contributed by atoms with van der Waals surface area (Å²) in [4.78, 5) is 17.4. The molecule has 1 aromatic carbocycles. The maximum atomic E-state index is 13.0. The molecular formula is C21H32ClN3O2. The van der Waals surface area contributed by atoms with Crippen LogP contribution in [0.4, 0.5) is 11.4 Å². The number of hydrogen-bond donors (Lipinski definition) is 2. The molecule has 2 aliphatic rings. The van der Waals surface area contributed by atoms with Crippen LogP contribution in [-0.2, 0) is 4.79 Å². The quantitative estimate of drug-likeness (QED) is 0.728. The second-order valence-electron chi connectivity index (χ2n) is 7.76. The van der Waals surface area contributed by atoms with Gasteiger partial charge < -0.3 is 20.2 Å².